The lowest BCUT2D eigenvalue weighted by Crippen LogP contribution is -2.43. The molecule has 1 aromatic carbocycles. The molecule has 1 fully saturated rings. The standard InChI is InChI=1S/C16H24FNO5S2/c1-3-23-8-4-7-18-15-10-24(19,20)11-16(15)25(21,22)13-5-6-14(17)12(2)9-13/h5-6,9,15-16,18H,3-4,7-8,10-11H2,1-2H3/t15-,16-/m0/s1. The fourth-order valence-electron chi connectivity index (χ4n) is 2.89. The lowest BCUT2D eigenvalue weighted by molar-refractivity contribution is 0.144. The molecule has 2 atom stereocenters. The molecule has 0 saturated carbocycles. The van der Waals surface area contributed by atoms with Gasteiger partial charge in [-0.05, 0) is 50.6 Å². The van der Waals surface area contributed by atoms with Gasteiger partial charge in [-0.2, -0.15) is 0 Å². The van der Waals surface area contributed by atoms with Crippen molar-refractivity contribution in [1.82, 2.24) is 5.32 Å². The molecule has 0 spiro atoms. The molecule has 1 aromatic rings. The number of sulfone groups is 2. The summed E-state index contributed by atoms with van der Waals surface area (Å²) >= 11 is 0. The van der Waals surface area contributed by atoms with Crippen LogP contribution in [0, 0.1) is 12.7 Å². The summed E-state index contributed by atoms with van der Waals surface area (Å²) in [4.78, 5) is -0.0467. The van der Waals surface area contributed by atoms with Gasteiger partial charge in [-0.15, -0.1) is 0 Å². The predicted molar refractivity (Wildman–Crippen MR) is 93.7 cm³/mol. The van der Waals surface area contributed by atoms with E-state index < -0.39 is 42.5 Å². The van der Waals surface area contributed by atoms with Gasteiger partial charge in [0.15, 0.2) is 19.7 Å². The van der Waals surface area contributed by atoms with Crippen LogP contribution in [0.1, 0.15) is 18.9 Å². The molecule has 1 N–H and O–H groups in total. The highest BCUT2D eigenvalue weighted by molar-refractivity contribution is 7.96. The van der Waals surface area contributed by atoms with Gasteiger partial charge in [0, 0.05) is 19.3 Å². The molecule has 0 radical (unpaired) electrons. The number of ether oxygens (including phenoxy) is 1. The maximum absolute atomic E-state index is 13.4. The molecule has 1 heterocycles. The highest BCUT2D eigenvalue weighted by atomic mass is 32.2. The van der Waals surface area contributed by atoms with Crippen LogP contribution in [0.15, 0.2) is 23.1 Å². The van der Waals surface area contributed by atoms with E-state index in [1.807, 2.05) is 6.92 Å². The van der Waals surface area contributed by atoms with E-state index in [0.29, 0.717) is 26.2 Å². The van der Waals surface area contributed by atoms with Crippen LogP contribution >= 0.6 is 0 Å². The van der Waals surface area contributed by atoms with E-state index in [4.69, 9.17) is 4.74 Å². The van der Waals surface area contributed by atoms with Gasteiger partial charge in [-0.1, -0.05) is 0 Å². The minimum Gasteiger partial charge on any atom is -0.382 e. The Bertz CT molecular complexity index is 808. The van der Waals surface area contributed by atoms with Gasteiger partial charge >= 0.3 is 0 Å². The van der Waals surface area contributed by atoms with Crippen molar-refractivity contribution in [3.8, 4) is 0 Å². The number of hydrogen-bond acceptors (Lipinski definition) is 6. The van der Waals surface area contributed by atoms with Gasteiger partial charge in [0.05, 0.1) is 21.7 Å². The molecule has 6 nitrogen and oxygen atoms in total. The SMILES string of the molecule is CCOCCCN[C@H]1CS(=O)(=O)C[C@@H]1S(=O)(=O)c1ccc(F)c(C)c1. The molecule has 142 valence electrons. The van der Waals surface area contributed by atoms with Gasteiger partial charge in [0.25, 0.3) is 0 Å². The van der Waals surface area contributed by atoms with Crippen molar-refractivity contribution >= 4 is 19.7 Å². The van der Waals surface area contributed by atoms with E-state index in [2.05, 4.69) is 5.32 Å². The summed E-state index contributed by atoms with van der Waals surface area (Å²) in [6.07, 6.45) is 0.660. The second-order valence-electron chi connectivity index (χ2n) is 6.18. The Morgan fingerprint density at radius 2 is 2.04 bits per heavy atom. The second-order valence-corrected chi connectivity index (χ2v) is 10.5. The molecular weight excluding hydrogens is 369 g/mol. The summed E-state index contributed by atoms with van der Waals surface area (Å²) in [5.74, 6) is -1.13. The minimum absolute atomic E-state index is 0.0467. The van der Waals surface area contributed by atoms with Crippen LogP contribution in [0.2, 0.25) is 0 Å². The number of rotatable bonds is 8. The summed E-state index contributed by atoms with van der Waals surface area (Å²) in [6, 6.07) is 2.86. The van der Waals surface area contributed by atoms with Crippen molar-refractivity contribution < 1.29 is 26.0 Å². The Morgan fingerprint density at radius 3 is 2.68 bits per heavy atom. The van der Waals surface area contributed by atoms with E-state index in [1.165, 1.54) is 19.1 Å². The highest BCUT2D eigenvalue weighted by Gasteiger charge is 2.45. The first kappa shape index (κ1) is 20.3. The third kappa shape index (κ3) is 4.99. The molecule has 2 rings (SSSR count). The molecule has 0 amide bonds. The normalized spacial score (nSPS) is 23.0. The van der Waals surface area contributed by atoms with Crippen LogP contribution in [-0.2, 0) is 24.4 Å². The monoisotopic (exact) mass is 393 g/mol. The zero-order chi connectivity index (χ0) is 18.7. The van der Waals surface area contributed by atoms with E-state index in [9.17, 15) is 21.2 Å². The third-order valence-electron chi connectivity index (χ3n) is 4.23. The van der Waals surface area contributed by atoms with Crippen molar-refractivity contribution in [2.24, 2.45) is 0 Å². The zero-order valence-corrected chi connectivity index (χ0v) is 16.0. The lowest BCUT2D eigenvalue weighted by Gasteiger charge is -2.20. The average Bonchev–Trinajstić information content (AvgIpc) is 2.85. The molecule has 9 heteroatoms. The topological polar surface area (TPSA) is 89.5 Å². The van der Waals surface area contributed by atoms with Crippen molar-refractivity contribution in [1.29, 1.82) is 0 Å². The fraction of sp³-hybridized carbons (Fsp3) is 0.625. The average molecular weight is 394 g/mol. The molecule has 0 unspecified atom stereocenters. The van der Waals surface area contributed by atoms with Gasteiger partial charge < -0.3 is 10.1 Å². The molecular formula is C16H24FNO5S2. The summed E-state index contributed by atoms with van der Waals surface area (Å²) in [6.45, 7) is 4.94. The van der Waals surface area contributed by atoms with Crippen LogP contribution in [0.5, 0.6) is 0 Å². The van der Waals surface area contributed by atoms with Crippen LogP contribution in [0.4, 0.5) is 4.39 Å². The van der Waals surface area contributed by atoms with E-state index in [-0.39, 0.29) is 16.2 Å². The smallest absolute Gasteiger partial charge is 0.183 e. The molecule has 25 heavy (non-hydrogen) atoms. The van der Waals surface area contributed by atoms with Crippen molar-refractivity contribution in [3.05, 3.63) is 29.6 Å². The molecule has 1 aliphatic heterocycles. The maximum atomic E-state index is 13.4. The van der Waals surface area contributed by atoms with Crippen molar-refractivity contribution in [2.45, 2.75) is 36.5 Å². The molecule has 0 aromatic heterocycles. The van der Waals surface area contributed by atoms with Gasteiger partial charge in [0.2, 0.25) is 0 Å². The lowest BCUT2D eigenvalue weighted by atomic mass is 10.2. The summed E-state index contributed by atoms with van der Waals surface area (Å²) in [5.41, 5.74) is 0.211. The van der Waals surface area contributed by atoms with Gasteiger partial charge in [0.1, 0.15) is 5.82 Å². The number of nitrogens with one attached hydrogen (secondary N) is 1. The van der Waals surface area contributed by atoms with Gasteiger partial charge in [-0.3, -0.25) is 0 Å². The van der Waals surface area contributed by atoms with Crippen LogP contribution in [0.25, 0.3) is 0 Å². The first-order chi connectivity index (χ1) is 11.7. The molecule has 0 bridgehead atoms. The largest absolute Gasteiger partial charge is 0.382 e. The van der Waals surface area contributed by atoms with Crippen LogP contribution in [-0.4, -0.2) is 59.4 Å². The summed E-state index contributed by atoms with van der Waals surface area (Å²) in [7, 11) is -7.33. The zero-order valence-electron chi connectivity index (χ0n) is 14.4. The van der Waals surface area contributed by atoms with Crippen LogP contribution < -0.4 is 5.32 Å². The Hall–Kier alpha value is -1.03. The molecule has 1 saturated heterocycles. The van der Waals surface area contributed by atoms with E-state index >= 15 is 0 Å². The Kier molecular flexibility index (Phi) is 6.58. The summed E-state index contributed by atoms with van der Waals surface area (Å²) in [5, 5.41) is 1.96. The number of halogens is 1. The quantitative estimate of drug-likeness (QED) is 0.525. The first-order valence-corrected chi connectivity index (χ1v) is 11.6. The first-order valence-electron chi connectivity index (χ1n) is 8.19. The van der Waals surface area contributed by atoms with Crippen molar-refractivity contribution in [3.63, 3.8) is 0 Å². The second kappa shape index (κ2) is 8.11. The Labute approximate surface area is 148 Å². The van der Waals surface area contributed by atoms with Crippen molar-refractivity contribution in [2.75, 3.05) is 31.3 Å². The Balaban J connectivity index is 2.19. The number of aryl methyl sites for hydroxylation is 1. The predicted octanol–water partition coefficient (Wildman–Crippen LogP) is 1.09. The van der Waals surface area contributed by atoms with E-state index in [0.717, 1.165) is 6.07 Å². The molecule has 0 aliphatic carbocycles. The number of hydrogen-bond donors (Lipinski definition) is 1. The molecule has 1 aliphatic rings. The number of benzene rings is 1. The van der Waals surface area contributed by atoms with Crippen LogP contribution in [0.3, 0.4) is 0 Å². The third-order valence-corrected chi connectivity index (χ3v) is 8.38. The minimum atomic E-state index is -3.89. The van der Waals surface area contributed by atoms with E-state index in [1.54, 1.807) is 0 Å². The maximum Gasteiger partial charge on any atom is 0.183 e. The van der Waals surface area contributed by atoms with Gasteiger partial charge in [-0.25, -0.2) is 21.2 Å². The highest BCUT2D eigenvalue weighted by Crippen LogP contribution is 2.27. The fourth-order valence-corrected chi connectivity index (χ4v) is 7.69. The Morgan fingerprint density at radius 1 is 1.32 bits per heavy atom. The summed E-state index contributed by atoms with van der Waals surface area (Å²) < 4.78 is 68.4.